The van der Waals surface area contributed by atoms with Crippen molar-refractivity contribution >= 4 is 11.5 Å². The van der Waals surface area contributed by atoms with Gasteiger partial charge in [0.15, 0.2) is 6.10 Å². The van der Waals surface area contributed by atoms with E-state index in [-0.39, 0.29) is 12.1 Å². The molecule has 2 heterocycles. The average molecular weight is 330 g/mol. The molecule has 124 valence electrons. The molecule has 0 fully saturated rings. The van der Waals surface area contributed by atoms with Crippen molar-refractivity contribution in [2.75, 3.05) is 0 Å². The lowest BCUT2D eigenvalue weighted by Crippen LogP contribution is -2.02. The van der Waals surface area contributed by atoms with Crippen LogP contribution in [0.3, 0.4) is 0 Å². The molecular formula is C22H18O3. The van der Waals surface area contributed by atoms with Crippen LogP contribution in [0.25, 0.3) is 5.57 Å². The molecular weight excluding hydrogens is 312 g/mol. The van der Waals surface area contributed by atoms with E-state index in [4.69, 9.17) is 9.15 Å². The summed E-state index contributed by atoms with van der Waals surface area (Å²) in [4.78, 5) is 12.1. The Bertz CT molecular complexity index is 920. The summed E-state index contributed by atoms with van der Waals surface area (Å²) in [5.41, 5.74) is 4.59. The van der Waals surface area contributed by atoms with Crippen LogP contribution in [0.5, 0.6) is 0 Å². The van der Waals surface area contributed by atoms with Crippen LogP contribution < -0.4 is 0 Å². The molecule has 25 heavy (non-hydrogen) atoms. The molecule has 0 bridgehead atoms. The van der Waals surface area contributed by atoms with Crippen LogP contribution >= 0.6 is 0 Å². The zero-order chi connectivity index (χ0) is 17.2. The molecule has 0 N–H and O–H groups in total. The summed E-state index contributed by atoms with van der Waals surface area (Å²) in [6.45, 7) is 1.81. The molecule has 2 aromatic carbocycles. The summed E-state index contributed by atoms with van der Waals surface area (Å²) in [6, 6.07) is 22.0. The summed E-state index contributed by atoms with van der Waals surface area (Å²) in [6.07, 6.45) is 2.06. The molecule has 1 aromatic heterocycles. The highest BCUT2D eigenvalue weighted by atomic mass is 16.5. The van der Waals surface area contributed by atoms with Crippen molar-refractivity contribution < 1.29 is 13.9 Å². The highest BCUT2D eigenvalue weighted by molar-refractivity contribution is 6.02. The highest BCUT2D eigenvalue weighted by Gasteiger charge is 2.34. The fourth-order valence-electron chi connectivity index (χ4n) is 3.20. The third-order valence-electron chi connectivity index (χ3n) is 4.49. The van der Waals surface area contributed by atoms with Gasteiger partial charge in [0.2, 0.25) is 0 Å². The molecule has 0 spiro atoms. The molecule has 0 radical (unpaired) electrons. The normalized spacial score (nSPS) is 17.0. The number of benzene rings is 2. The van der Waals surface area contributed by atoms with Gasteiger partial charge in [-0.2, -0.15) is 0 Å². The summed E-state index contributed by atoms with van der Waals surface area (Å²) in [7, 11) is 0. The van der Waals surface area contributed by atoms with E-state index < -0.39 is 0 Å². The molecule has 0 unspecified atom stereocenters. The van der Waals surface area contributed by atoms with Crippen molar-refractivity contribution in [1.82, 2.24) is 0 Å². The molecule has 0 aliphatic carbocycles. The standard InChI is InChI=1S/C22H18O3/c1-15-20(21(25-22(15)23)17-10-6-3-7-11-17)18-13-19(24-14-18)12-16-8-4-2-5-9-16/h2-11,13-14,21H,12H2,1H3/t21-/m1/s1. The van der Waals surface area contributed by atoms with Gasteiger partial charge in [-0.1, -0.05) is 60.7 Å². The predicted octanol–water partition coefficient (Wildman–Crippen LogP) is 4.94. The molecule has 1 atom stereocenters. The van der Waals surface area contributed by atoms with Gasteiger partial charge >= 0.3 is 5.97 Å². The Labute approximate surface area is 146 Å². The van der Waals surface area contributed by atoms with E-state index in [0.717, 1.165) is 28.9 Å². The van der Waals surface area contributed by atoms with Gasteiger partial charge < -0.3 is 9.15 Å². The maximum atomic E-state index is 12.1. The number of carbonyl (C=O) groups is 1. The zero-order valence-corrected chi connectivity index (χ0v) is 13.9. The fourth-order valence-corrected chi connectivity index (χ4v) is 3.20. The number of hydrogen-bond donors (Lipinski definition) is 0. The molecule has 3 heteroatoms. The van der Waals surface area contributed by atoms with E-state index in [1.807, 2.05) is 61.5 Å². The van der Waals surface area contributed by atoms with Gasteiger partial charge in [-0.05, 0) is 24.1 Å². The maximum absolute atomic E-state index is 12.1. The number of cyclic esters (lactones) is 1. The van der Waals surface area contributed by atoms with Crippen molar-refractivity contribution in [3.63, 3.8) is 0 Å². The summed E-state index contributed by atoms with van der Waals surface area (Å²) >= 11 is 0. The second-order valence-electron chi connectivity index (χ2n) is 6.20. The molecule has 0 saturated heterocycles. The number of rotatable bonds is 4. The maximum Gasteiger partial charge on any atom is 0.335 e. The number of carbonyl (C=O) groups excluding carboxylic acids is 1. The first-order chi connectivity index (χ1) is 12.2. The molecule has 0 saturated carbocycles. The van der Waals surface area contributed by atoms with Crippen molar-refractivity contribution in [3.05, 3.63) is 101 Å². The van der Waals surface area contributed by atoms with E-state index in [1.54, 1.807) is 6.26 Å². The lowest BCUT2D eigenvalue weighted by Gasteiger charge is -2.13. The Morgan fingerprint density at radius 1 is 0.960 bits per heavy atom. The van der Waals surface area contributed by atoms with Crippen molar-refractivity contribution in [2.24, 2.45) is 0 Å². The molecule has 3 aromatic rings. The first-order valence-corrected chi connectivity index (χ1v) is 8.31. The summed E-state index contributed by atoms with van der Waals surface area (Å²) in [5, 5.41) is 0. The minimum atomic E-state index is -0.379. The summed E-state index contributed by atoms with van der Waals surface area (Å²) < 4.78 is 11.3. The topological polar surface area (TPSA) is 39.4 Å². The van der Waals surface area contributed by atoms with Gasteiger partial charge in [0.1, 0.15) is 5.76 Å². The second kappa shape index (κ2) is 6.44. The van der Waals surface area contributed by atoms with Gasteiger partial charge in [-0.25, -0.2) is 4.79 Å². The van der Waals surface area contributed by atoms with Crippen LogP contribution in [0, 0.1) is 0 Å². The van der Waals surface area contributed by atoms with Gasteiger partial charge in [0.05, 0.1) is 6.26 Å². The lowest BCUT2D eigenvalue weighted by atomic mass is 9.94. The van der Waals surface area contributed by atoms with Crippen LogP contribution in [0.2, 0.25) is 0 Å². The number of furan rings is 1. The Balaban J connectivity index is 1.66. The van der Waals surface area contributed by atoms with E-state index in [9.17, 15) is 4.79 Å². The fraction of sp³-hybridized carbons (Fsp3) is 0.136. The Hall–Kier alpha value is -3.07. The molecule has 0 amide bonds. The SMILES string of the molecule is CC1=C(c2coc(Cc3ccccc3)c2)[C@@H](c2ccccc2)OC1=O. The monoisotopic (exact) mass is 330 g/mol. The highest BCUT2D eigenvalue weighted by Crippen LogP contribution is 2.42. The third kappa shape index (κ3) is 3.01. The minimum absolute atomic E-state index is 0.269. The van der Waals surface area contributed by atoms with Gasteiger partial charge in [-0.15, -0.1) is 0 Å². The average Bonchev–Trinajstić information content (AvgIpc) is 3.21. The lowest BCUT2D eigenvalue weighted by molar-refractivity contribution is -0.139. The smallest absolute Gasteiger partial charge is 0.335 e. The van der Waals surface area contributed by atoms with Crippen LogP contribution in [0.1, 0.15) is 35.5 Å². The molecule has 3 nitrogen and oxygen atoms in total. The van der Waals surface area contributed by atoms with E-state index >= 15 is 0 Å². The van der Waals surface area contributed by atoms with E-state index in [2.05, 4.69) is 12.1 Å². The van der Waals surface area contributed by atoms with Crippen molar-refractivity contribution in [2.45, 2.75) is 19.4 Å². The van der Waals surface area contributed by atoms with Gasteiger partial charge in [0.25, 0.3) is 0 Å². The molecule has 1 aliphatic rings. The van der Waals surface area contributed by atoms with Crippen LogP contribution in [-0.2, 0) is 16.0 Å². The Morgan fingerprint density at radius 2 is 1.64 bits per heavy atom. The third-order valence-corrected chi connectivity index (χ3v) is 4.49. The first-order valence-electron chi connectivity index (χ1n) is 8.31. The number of esters is 1. The number of hydrogen-bond acceptors (Lipinski definition) is 3. The van der Waals surface area contributed by atoms with E-state index in [0.29, 0.717) is 5.57 Å². The first kappa shape index (κ1) is 15.5. The van der Waals surface area contributed by atoms with E-state index in [1.165, 1.54) is 5.56 Å². The number of ether oxygens (including phenoxy) is 1. The molecule has 4 rings (SSSR count). The van der Waals surface area contributed by atoms with Crippen LogP contribution in [0.15, 0.2) is 83.0 Å². The van der Waals surface area contributed by atoms with Crippen molar-refractivity contribution in [3.8, 4) is 0 Å². The quantitative estimate of drug-likeness (QED) is 0.636. The second-order valence-corrected chi connectivity index (χ2v) is 6.20. The van der Waals surface area contributed by atoms with Gasteiger partial charge in [-0.3, -0.25) is 0 Å². The summed E-state index contributed by atoms with van der Waals surface area (Å²) in [5.74, 6) is 0.599. The predicted molar refractivity (Wildman–Crippen MR) is 95.8 cm³/mol. The van der Waals surface area contributed by atoms with Gasteiger partial charge in [0, 0.05) is 23.1 Å². The zero-order valence-electron chi connectivity index (χ0n) is 13.9. The van der Waals surface area contributed by atoms with Crippen LogP contribution in [0.4, 0.5) is 0 Å². The van der Waals surface area contributed by atoms with Crippen molar-refractivity contribution in [1.29, 1.82) is 0 Å². The Kier molecular flexibility index (Phi) is 3.98. The van der Waals surface area contributed by atoms with Crippen LogP contribution in [-0.4, -0.2) is 5.97 Å². The Morgan fingerprint density at radius 3 is 2.36 bits per heavy atom. The molecule has 1 aliphatic heterocycles. The largest absolute Gasteiger partial charge is 0.468 e. The minimum Gasteiger partial charge on any atom is -0.468 e.